The van der Waals surface area contributed by atoms with Gasteiger partial charge in [0.2, 0.25) is 11.4 Å². The lowest BCUT2D eigenvalue weighted by Crippen LogP contribution is -2.22. The van der Waals surface area contributed by atoms with Gasteiger partial charge in [0.25, 0.3) is 0 Å². The Hall–Kier alpha value is -0.580. The Morgan fingerprint density at radius 3 is 2.88 bits per heavy atom. The fraction of sp³-hybridized carbons (Fsp3) is 0.667. The van der Waals surface area contributed by atoms with Crippen LogP contribution in [0, 0.1) is 4.91 Å². The molecule has 1 rings (SSSR count). The Morgan fingerprint density at radius 2 is 2.62 bits per heavy atom. The van der Waals surface area contributed by atoms with E-state index < -0.39 is 5.50 Å². The smallest absolute Gasteiger partial charge is 0.232 e. The van der Waals surface area contributed by atoms with Gasteiger partial charge in [-0.1, -0.05) is 0 Å². The summed E-state index contributed by atoms with van der Waals surface area (Å²) in [7, 11) is 0. The number of thioether (sulfide) groups is 1. The lowest BCUT2D eigenvalue weighted by atomic mass is 10.7. The molecule has 1 unspecified atom stereocenters. The molecule has 0 aromatic rings. The van der Waals surface area contributed by atoms with Crippen LogP contribution >= 0.6 is 11.8 Å². The SMILES string of the molecule is O=NC1NC(=O)CS1. The van der Waals surface area contributed by atoms with Crippen molar-refractivity contribution in [3.63, 3.8) is 0 Å². The topological polar surface area (TPSA) is 58.5 Å². The van der Waals surface area contributed by atoms with Gasteiger partial charge in [-0.15, -0.1) is 16.7 Å². The predicted molar refractivity (Wildman–Crippen MR) is 30.2 cm³/mol. The van der Waals surface area contributed by atoms with Crippen molar-refractivity contribution in [2.24, 2.45) is 5.18 Å². The van der Waals surface area contributed by atoms with Crippen LogP contribution in [-0.2, 0) is 4.79 Å². The number of rotatable bonds is 1. The van der Waals surface area contributed by atoms with Crippen LogP contribution in [0.3, 0.4) is 0 Å². The van der Waals surface area contributed by atoms with E-state index in [0.29, 0.717) is 5.75 Å². The predicted octanol–water partition coefficient (Wildman–Crippen LogP) is -0.101. The number of carbonyl (C=O) groups excluding carboxylic acids is 1. The summed E-state index contributed by atoms with van der Waals surface area (Å²) in [4.78, 5) is 19.9. The number of hydrogen-bond acceptors (Lipinski definition) is 4. The van der Waals surface area contributed by atoms with Crippen LogP contribution in [0.15, 0.2) is 5.18 Å². The number of carbonyl (C=O) groups is 1. The highest BCUT2D eigenvalue weighted by Gasteiger charge is 2.20. The molecule has 0 saturated carbocycles. The number of hydrogen-bond donors (Lipinski definition) is 1. The van der Waals surface area contributed by atoms with Gasteiger partial charge in [0.05, 0.1) is 5.75 Å². The summed E-state index contributed by atoms with van der Waals surface area (Å²) in [5.41, 5.74) is -0.539. The second-order valence-electron chi connectivity index (χ2n) is 1.34. The molecule has 44 valence electrons. The molecular weight excluding hydrogens is 128 g/mol. The molecule has 0 aromatic carbocycles. The van der Waals surface area contributed by atoms with Gasteiger partial charge >= 0.3 is 0 Å². The van der Waals surface area contributed by atoms with Crippen LogP contribution in [0.25, 0.3) is 0 Å². The van der Waals surface area contributed by atoms with Crippen molar-refractivity contribution < 1.29 is 4.79 Å². The van der Waals surface area contributed by atoms with Crippen molar-refractivity contribution in [1.29, 1.82) is 0 Å². The van der Waals surface area contributed by atoms with Crippen molar-refractivity contribution in [2.75, 3.05) is 5.75 Å². The Balaban J connectivity index is 2.43. The van der Waals surface area contributed by atoms with E-state index in [2.05, 4.69) is 10.5 Å². The second kappa shape index (κ2) is 2.13. The van der Waals surface area contributed by atoms with Gasteiger partial charge in [0, 0.05) is 0 Å². The summed E-state index contributed by atoms with van der Waals surface area (Å²) in [5.74, 6) is 0.246. The first kappa shape index (κ1) is 5.55. The Labute approximate surface area is 50.0 Å². The first-order chi connectivity index (χ1) is 3.83. The lowest BCUT2D eigenvalue weighted by Gasteiger charge is -1.92. The van der Waals surface area contributed by atoms with E-state index in [1.165, 1.54) is 11.8 Å². The van der Waals surface area contributed by atoms with E-state index in [1.54, 1.807) is 0 Å². The average Bonchev–Trinajstić information content (AvgIpc) is 2.14. The number of nitrogens with zero attached hydrogens (tertiary/aromatic N) is 1. The Kier molecular flexibility index (Phi) is 1.48. The maximum Gasteiger partial charge on any atom is 0.232 e. The standard InChI is InChI=1S/C3H4N2O2S/c6-2-1-8-3(4-2)5-7/h3H,1H2,(H,4,6). The molecule has 1 saturated heterocycles. The normalized spacial score (nSPS) is 27.5. The highest BCUT2D eigenvalue weighted by atomic mass is 32.2. The van der Waals surface area contributed by atoms with Gasteiger partial charge in [-0.25, -0.2) is 0 Å². The maximum absolute atomic E-state index is 10.3. The molecule has 1 amide bonds. The highest BCUT2D eigenvalue weighted by Crippen LogP contribution is 2.14. The van der Waals surface area contributed by atoms with E-state index in [0.717, 1.165) is 0 Å². The minimum absolute atomic E-state index is 0.111. The molecule has 1 N–H and O–H groups in total. The lowest BCUT2D eigenvalue weighted by molar-refractivity contribution is -0.118. The van der Waals surface area contributed by atoms with Gasteiger partial charge in [-0.3, -0.25) is 4.79 Å². The first-order valence-electron chi connectivity index (χ1n) is 2.06. The van der Waals surface area contributed by atoms with Crippen molar-refractivity contribution >= 4 is 17.7 Å². The number of nitrogens with one attached hydrogen (secondary N) is 1. The zero-order valence-corrected chi connectivity index (χ0v) is 4.77. The van der Waals surface area contributed by atoms with E-state index in [1.807, 2.05) is 0 Å². The van der Waals surface area contributed by atoms with Crippen LogP contribution in [0.4, 0.5) is 0 Å². The molecule has 1 heterocycles. The first-order valence-corrected chi connectivity index (χ1v) is 3.11. The number of nitroso groups, excluding NO2 is 1. The molecule has 0 bridgehead atoms. The molecule has 8 heavy (non-hydrogen) atoms. The highest BCUT2D eigenvalue weighted by molar-refractivity contribution is 8.00. The third-order valence-electron chi connectivity index (χ3n) is 0.752. The maximum atomic E-state index is 10.3. The number of amides is 1. The zero-order valence-electron chi connectivity index (χ0n) is 3.96. The van der Waals surface area contributed by atoms with Crippen LogP contribution in [0.5, 0.6) is 0 Å². The van der Waals surface area contributed by atoms with Crippen LogP contribution in [0.1, 0.15) is 0 Å². The summed E-state index contributed by atoms with van der Waals surface area (Å²) < 4.78 is 0. The monoisotopic (exact) mass is 132 g/mol. The summed E-state index contributed by atoms with van der Waals surface area (Å²) in [6, 6.07) is 0. The minimum atomic E-state index is -0.539. The van der Waals surface area contributed by atoms with Gasteiger partial charge in [0.1, 0.15) is 0 Å². The Morgan fingerprint density at radius 1 is 1.88 bits per heavy atom. The largest absolute Gasteiger partial charge is 0.322 e. The molecule has 5 heteroatoms. The molecule has 1 aliphatic rings. The summed E-state index contributed by atoms with van der Waals surface area (Å²) in [6.07, 6.45) is 0. The summed E-state index contributed by atoms with van der Waals surface area (Å²) >= 11 is 1.21. The molecule has 0 spiro atoms. The molecular formula is C3H4N2O2S. The van der Waals surface area contributed by atoms with Crippen LogP contribution < -0.4 is 5.32 Å². The molecule has 1 atom stereocenters. The minimum Gasteiger partial charge on any atom is -0.322 e. The molecule has 4 nitrogen and oxygen atoms in total. The molecule has 1 aliphatic heterocycles. The van der Waals surface area contributed by atoms with E-state index in [4.69, 9.17) is 0 Å². The van der Waals surface area contributed by atoms with Gasteiger partial charge in [0.15, 0.2) is 0 Å². The van der Waals surface area contributed by atoms with Gasteiger partial charge in [-0.05, 0) is 5.18 Å². The van der Waals surface area contributed by atoms with Crippen molar-refractivity contribution in [1.82, 2.24) is 5.32 Å². The molecule has 0 aliphatic carbocycles. The van der Waals surface area contributed by atoms with E-state index >= 15 is 0 Å². The van der Waals surface area contributed by atoms with E-state index in [9.17, 15) is 9.70 Å². The van der Waals surface area contributed by atoms with Crippen LogP contribution in [0.2, 0.25) is 0 Å². The molecule has 0 radical (unpaired) electrons. The van der Waals surface area contributed by atoms with Gasteiger partial charge in [-0.2, -0.15) is 0 Å². The zero-order chi connectivity index (χ0) is 5.98. The Bertz CT molecular complexity index is 126. The average molecular weight is 132 g/mol. The van der Waals surface area contributed by atoms with E-state index in [-0.39, 0.29) is 5.91 Å². The molecule has 0 aromatic heterocycles. The summed E-state index contributed by atoms with van der Waals surface area (Å²) in [5, 5.41) is 4.97. The fourth-order valence-corrected chi connectivity index (χ4v) is 1.10. The third kappa shape index (κ3) is 0.975. The molecule has 1 fully saturated rings. The summed E-state index contributed by atoms with van der Waals surface area (Å²) in [6.45, 7) is 0. The quantitative estimate of drug-likeness (QED) is 0.507. The van der Waals surface area contributed by atoms with Crippen molar-refractivity contribution in [3.05, 3.63) is 4.91 Å². The second-order valence-corrected chi connectivity index (χ2v) is 2.40. The van der Waals surface area contributed by atoms with Crippen molar-refractivity contribution in [2.45, 2.75) is 5.50 Å². The van der Waals surface area contributed by atoms with Gasteiger partial charge < -0.3 is 5.32 Å². The van der Waals surface area contributed by atoms with Crippen LogP contribution in [-0.4, -0.2) is 17.2 Å². The fourth-order valence-electron chi connectivity index (χ4n) is 0.432. The third-order valence-corrected chi connectivity index (χ3v) is 1.70. The van der Waals surface area contributed by atoms with Crippen molar-refractivity contribution in [3.8, 4) is 0 Å².